The average molecular weight is 122 g/mol. The van der Waals surface area contributed by atoms with E-state index in [1.54, 1.807) is 0 Å². The van der Waals surface area contributed by atoms with Crippen molar-refractivity contribution in [1.29, 1.82) is 0 Å². The predicted octanol–water partition coefficient (Wildman–Crippen LogP) is 0.493. The van der Waals surface area contributed by atoms with Crippen LogP contribution in [0.3, 0.4) is 0 Å². The zero-order valence-electron chi connectivity index (χ0n) is 4.79. The topological polar surface area (TPSA) is 82.9 Å². The molecule has 0 heterocycles. The first-order valence-corrected chi connectivity index (χ1v) is 1.85. The summed E-state index contributed by atoms with van der Waals surface area (Å²) in [5.41, 5.74) is 0. The minimum absolute atomic E-state index is 0. The Kier molecular flexibility index (Phi) is 12.4. The summed E-state index contributed by atoms with van der Waals surface area (Å²) in [6, 6.07) is 0. The summed E-state index contributed by atoms with van der Waals surface area (Å²) < 4.78 is 4.52. The van der Waals surface area contributed by atoms with Crippen molar-refractivity contribution in [3.63, 3.8) is 0 Å². The maximum atomic E-state index is 9.15. The molecule has 5 nitrogen and oxygen atoms in total. The van der Waals surface area contributed by atoms with E-state index in [1.165, 1.54) is 7.11 Å². The summed E-state index contributed by atoms with van der Waals surface area (Å²) in [4.78, 5) is 13.2. The highest BCUT2D eigenvalue weighted by Gasteiger charge is 1.79. The number of hydrogen-bond acceptors (Lipinski definition) is 5. The standard InChI is InChI=1S/C3H7NO3.H3N/c1-6-2-3-7-4-5;/h2-3H2,1H3;1H3. The number of methoxy groups -OCH3 is 1. The lowest BCUT2D eigenvalue weighted by Crippen LogP contribution is -1.95. The quantitative estimate of drug-likeness (QED) is 0.334. The fourth-order valence-electron chi connectivity index (χ4n) is 0.158. The van der Waals surface area contributed by atoms with Crippen molar-refractivity contribution in [2.75, 3.05) is 20.3 Å². The van der Waals surface area contributed by atoms with Crippen molar-refractivity contribution in [3.8, 4) is 0 Å². The molecule has 0 aliphatic heterocycles. The Balaban J connectivity index is 0. The first kappa shape index (κ1) is 10.3. The van der Waals surface area contributed by atoms with Gasteiger partial charge < -0.3 is 15.7 Å². The van der Waals surface area contributed by atoms with E-state index in [-0.39, 0.29) is 12.8 Å². The van der Waals surface area contributed by atoms with Crippen LogP contribution in [0.5, 0.6) is 0 Å². The maximum Gasteiger partial charge on any atom is 0.155 e. The van der Waals surface area contributed by atoms with Crippen molar-refractivity contribution >= 4 is 0 Å². The molecule has 0 bridgehead atoms. The Bertz CT molecular complexity index is 49.8. The molecule has 0 saturated heterocycles. The maximum absolute atomic E-state index is 9.15. The number of ether oxygens (including phenoxy) is 1. The lowest BCUT2D eigenvalue weighted by atomic mass is 10.8. The van der Waals surface area contributed by atoms with E-state index in [0.717, 1.165) is 0 Å². The van der Waals surface area contributed by atoms with Gasteiger partial charge in [-0.05, 0) is 0 Å². The summed E-state index contributed by atoms with van der Waals surface area (Å²) in [7, 11) is 1.52. The second kappa shape index (κ2) is 9.58. The Morgan fingerprint density at radius 3 is 2.50 bits per heavy atom. The normalized spacial score (nSPS) is 7.12. The molecule has 8 heavy (non-hydrogen) atoms. The van der Waals surface area contributed by atoms with Gasteiger partial charge in [-0.3, -0.25) is 0 Å². The van der Waals surface area contributed by atoms with Gasteiger partial charge in [0.15, 0.2) is 5.34 Å². The van der Waals surface area contributed by atoms with E-state index in [2.05, 4.69) is 14.9 Å². The average Bonchev–Trinajstić information content (AvgIpc) is 1.69. The predicted molar refractivity (Wildman–Crippen MR) is 28.6 cm³/mol. The van der Waals surface area contributed by atoms with Gasteiger partial charge in [-0.15, -0.1) is 4.91 Å². The zero-order valence-corrected chi connectivity index (χ0v) is 4.79. The van der Waals surface area contributed by atoms with E-state index in [9.17, 15) is 0 Å². The minimum Gasteiger partial charge on any atom is -0.381 e. The van der Waals surface area contributed by atoms with Gasteiger partial charge in [0.25, 0.3) is 0 Å². The molecule has 0 spiro atoms. The highest BCUT2D eigenvalue weighted by Crippen LogP contribution is 1.72. The second-order valence-electron chi connectivity index (χ2n) is 0.901. The third-order valence-electron chi connectivity index (χ3n) is 0.431. The van der Waals surface area contributed by atoms with Gasteiger partial charge >= 0.3 is 0 Å². The van der Waals surface area contributed by atoms with E-state index in [0.29, 0.717) is 6.61 Å². The molecule has 0 atom stereocenters. The molecule has 0 aliphatic rings. The van der Waals surface area contributed by atoms with Crippen LogP contribution in [0.1, 0.15) is 0 Å². The molecule has 5 heteroatoms. The van der Waals surface area contributed by atoms with Crippen molar-refractivity contribution in [1.82, 2.24) is 6.15 Å². The number of rotatable bonds is 4. The molecule has 0 rings (SSSR count). The number of hydrogen-bond donors (Lipinski definition) is 1. The fraction of sp³-hybridized carbons (Fsp3) is 1.00. The van der Waals surface area contributed by atoms with Crippen LogP contribution < -0.4 is 6.15 Å². The molecule has 0 aromatic rings. The molecular formula is C3H10N2O3. The minimum atomic E-state index is 0. The van der Waals surface area contributed by atoms with Gasteiger partial charge in [-0.2, -0.15) is 0 Å². The van der Waals surface area contributed by atoms with Crippen LogP contribution in [0, 0.1) is 4.91 Å². The molecule has 0 aliphatic carbocycles. The van der Waals surface area contributed by atoms with E-state index < -0.39 is 0 Å². The summed E-state index contributed by atoms with van der Waals surface area (Å²) in [6.07, 6.45) is 0. The van der Waals surface area contributed by atoms with Crippen molar-refractivity contribution in [2.24, 2.45) is 5.34 Å². The highest BCUT2D eigenvalue weighted by atomic mass is 16.7. The molecule has 0 unspecified atom stereocenters. The van der Waals surface area contributed by atoms with Gasteiger partial charge in [0.2, 0.25) is 0 Å². The smallest absolute Gasteiger partial charge is 0.155 e. The first-order valence-electron chi connectivity index (χ1n) is 1.85. The van der Waals surface area contributed by atoms with Crippen molar-refractivity contribution in [2.45, 2.75) is 0 Å². The van der Waals surface area contributed by atoms with Crippen LogP contribution in [0.4, 0.5) is 0 Å². The summed E-state index contributed by atoms with van der Waals surface area (Å²) in [5, 5.41) is 2.14. The summed E-state index contributed by atoms with van der Waals surface area (Å²) in [6.45, 7) is 0.645. The fourth-order valence-corrected chi connectivity index (χ4v) is 0.158. The van der Waals surface area contributed by atoms with Gasteiger partial charge in [0.1, 0.15) is 6.61 Å². The molecule has 0 aromatic heterocycles. The molecular weight excluding hydrogens is 112 g/mol. The Labute approximate surface area is 47.5 Å². The monoisotopic (exact) mass is 122 g/mol. The molecule has 50 valence electrons. The van der Waals surface area contributed by atoms with Crippen LogP contribution in [-0.2, 0) is 9.57 Å². The van der Waals surface area contributed by atoms with Crippen LogP contribution >= 0.6 is 0 Å². The molecule has 3 N–H and O–H groups in total. The van der Waals surface area contributed by atoms with E-state index in [4.69, 9.17) is 4.91 Å². The largest absolute Gasteiger partial charge is 0.381 e. The third kappa shape index (κ3) is 9.01. The van der Waals surface area contributed by atoms with Crippen LogP contribution in [0.25, 0.3) is 0 Å². The van der Waals surface area contributed by atoms with Gasteiger partial charge in [-0.1, -0.05) is 0 Å². The molecule has 0 aromatic carbocycles. The lowest BCUT2D eigenvalue weighted by molar-refractivity contribution is 0.0725. The molecule has 0 radical (unpaired) electrons. The van der Waals surface area contributed by atoms with Gasteiger partial charge in [0, 0.05) is 7.11 Å². The number of nitrogens with zero attached hydrogens (tertiary/aromatic N) is 1. The molecule has 0 amide bonds. The van der Waals surface area contributed by atoms with Crippen molar-refractivity contribution in [3.05, 3.63) is 4.91 Å². The zero-order chi connectivity index (χ0) is 5.54. The van der Waals surface area contributed by atoms with Gasteiger partial charge in [0.05, 0.1) is 6.61 Å². The van der Waals surface area contributed by atoms with Crippen LogP contribution in [-0.4, -0.2) is 20.3 Å². The highest BCUT2D eigenvalue weighted by molar-refractivity contribution is 4.19. The summed E-state index contributed by atoms with van der Waals surface area (Å²) >= 11 is 0. The van der Waals surface area contributed by atoms with Gasteiger partial charge in [-0.25, -0.2) is 0 Å². The molecule has 0 fully saturated rings. The van der Waals surface area contributed by atoms with E-state index >= 15 is 0 Å². The second-order valence-corrected chi connectivity index (χ2v) is 0.901. The lowest BCUT2D eigenvalue weighted by Gasteiger charge is -1.90. The van der Waals surface area contributed by atoms with E-state index in [1.807, 2.05) is 0 Å². The SMILES string of the molecule is COCCON=O.N. The third-order valence-corrected chi connectivity index (χ3v) is 0.431. The first-order chi connectivity index (χ1) is 3.41. The summed E-state index contributed by atoms with van der Waals surface area (Å²) in [5.74, 6) is 0. The van der Waals surface area contributed by atoms with Crippen molar-refractivity contribution < 1.29 is 9.57 Å². The Morgan fingerprint density at radius 1 is 1.50 bits per heavy atom. The Hall–Kier alpha value is -0.680. The van der Waals surface area contributed by atoms with Crippen LogP contribution in [0.2, 0.25) is 0 Å². The Morgan fingerprint density at radius 2 is 2.12 bits per heavy atom. The molecule has 0 saturated carbocycles. The van der Waals surface area contributed by atoms with Crippen LogP contribution in [0.15, 0.2) is 5.34 Å².